The molecule has 1 aromatic heterocycles. The fourth-order valence-electron chi connectivity index (χ4n) is 4.02. The van der Waals surface area contributed by atoms with E-state index in [1.54, 1.807) is 43.6 Å². The second-order valence-corrected chi connectivity index (χ2v) is 13.6. The van der Waals surface area contributed by atoms with Gasteiger partial charge in [-0.15, -0.1) is 11.3 Å². The Balaban J connectivity index is 1.30. The Morgan fingerprint density at radius 3 is 2.42 bits per heavy atom. The number of carbonyl (C=O) groups is 1. The summed E-state index contributed by atoms with van der Waals surface area (Å²) in [7, 11) is 1.46. The Hall–Kier alpha value is -3.29. The summed E-state index contributed by atoms with van der Waals surface area (Å²) in [5, 5.41) is 0.873. The van der Waals surface area contributed by atoms with E-state index in [1.165, 1.54) is 17.0 Å². The van der Waals surface area contributed by atoms with Crippen LogP contribution in [0.5, 0.6) is 5.75 Å². The zero-order valence-corrected chi connectivity index (χ0v) is 27.9. The lowest BCUT2D eigenvalue weighted by atomic mass is 10.1. The lowest BCUT2D eigenvalue weighted by molar-refractivity contribution is 0.107. The highest BCUT2D eigenvalue weighted by atomic mass is 79.9. The van der Waals surface area contributed by atoms with Gasteiger partial charge in [0, 0.05) is 33.4 Å². The minimum absolute atomic E-state index is 0.0485. The predicted octanol–water partition coefficient (Wildman–Crippen LogP) is 6.76. The van der Waals surface area contributed by atoms with Gasteiger partial charge in [0.05, 0.1) is 39.4 Å². The average Bonchev–Trinajstić information content (AvgIpc) is 3.36. The molecule has 4 rings (SSSR count). The number of fused-ring (bicyclic) bond motifs is 1. The molecule has 9 nitrogen and oxygen atoms in total. The van der Waals surface area contributed by atoms with Crippen LogP contribution < -0.4 is 9.64 Å². The molecule has 0 N–H and O–H groups in total. The molecule has 3 aromatic carbocycles. The number of nitrogens with zero attached hydrogens (tertiary/aromatic N) is 3. The van der Waals surface area contributed by atoms with Crippen LogP contribution in [0.1, 0.15) is 21.7 Å². The molecule has 43 heavy (non-hydrogen) atoms. The maximum Gasteiger partial charge on any atom is 0.414 e. The number of hydrogen-bond acceptors (Lipinski definition) is 9. The summed E-state index contributed by atoms with van der Waals surface area (Å²) in [6, 6.07) is 16.3. The van der Waals surface area contributed by atoms with Crippen LogP contribution in [0.3, 0.4) is 0 Å². The number of amides is 1. The zero-order chi connectivity index (χ0) is 31.1. The first kappa shape index (κ1) is 32.6. The SMILES string of the molecule is Cc1ccc(S(=O)(=O)OCCOCCN(C)c2cc3sc(C=Cc4ccc(OC(=O)N(C)C)c(Br)c4)nc3cc2C)cc1. The van der Waals surface area contributed by atoms with Crippen molar-refractivity contribution in [2.45, 2.75) is 18.7 Å². The lowest BCUT2D eigenvalue weighted by Crippen LogP contribution is -2.25. The number of rotatable bonds is 12. The van der Waals surface area contributed by atoms with Crippen molar-refractivity contribution < 1.29 is 26.9 Å². The largest absolute Gasteiger partial charge is 0.414 e. The Kier molecular flexibility index (Phi) is 11.0. The van der Waals surface area contributed by atoms with Crippen molar-refractivity contribution in [1.29, 1.82) is 0 Å². The standard InChI is InChI=1S/C31H34BrN3O6S2/c1-21-6-10-24(11-7-21)43(37,38)40-17-16-39-15-14-35(5)27-20-29-26(18-22(27)2)33-30(42-29)13-9-23-8-12-28(25(32)19-23)41-31(36)34(3)4/h6-13,18-20H,14-17H2,1-5H3. The summed E-state index contributed by atoms with van der Waals surface area (Å²) in [5.74, 6) is 0.452. The Morgan fingerprint density at radius 2 is 1.72 bits per heavy atom. The van der Waals surface area contributed by atoms with Crippen molar-refractivity contribution in [1.82, 2.24) is 9.88 Å². The van der Waals surface area contributed by atoms with Crippen LogP contribution in [0.25, 0.3) is 22.4 Å². The van der Waals surface area contributed by atoms with E-state index in [0.717, 1.165) is 37.6 Å². The number of ether oxygens (including phenoxy) is 2. The van der Waals surface area contributed by atoms with Gasteiger partial charge < -0.3 is 19.3 Å². The monoisotopic (exact) mass is 687 g/mol. The minimum Gasteiger partial charge on any atom is -0.409 e. The van der Waals surface area contributed by atoms with Crippen molar-refractivity contribution >= 4 is 71.5 Å². The number of aryl methyl sites for hydroxylation is 2. The molecule has 0 aliphatic heterocycles. The Bertz CT molecular complexity index is 1720. The maximum atomic E-state index is 12.3. The molecule has 0 spiro atoms. The summed E-state index contributed by atoms with van der Waals surface area (Å²) < 4.78 is 42.4. The van der Waals surface area contributed by atoms with Crippen LogP contribution in [0.15, 0.2) is 64.0 Å². The van der Waals surface area contributed by atoms with Crippen molar-refractivity contribution in [2.24, 2.45) is 0 Å². The molecule has 0 saturated carbocycles. The number of benzene rings is 3. The smallest absolute Gasteiger partial charge is 0.409 e. The van der Waals surface area contributed by atoms with Crippen LogP contribution in [0.2, 0.25) is 0 Å². The van der Waals surface area contributed by atoms with E-state index >= 15 is 0 Å². The highest BCUT2D eigenvalue weighted by molar-refractivity contribution is 9.10. The molecule has 12 heteroatoms. The number of hydrogen-bond donors (Lipinski definition) is 0. The van der Waals surface area contributed by atoms with Gasteiger partial charge in [-0.1, -0.05) is 29.8 Å². The first-order valence-electron chi connectivity index (χ1n) is 13.5. The molecule has 0 bridgehead atoms. The minimum atomic E-state index is -3.80. The summed E-state index contributed by atoms with van der Waals surface area (Å²) in [5.41, 5.74) is 5.00. The van der Waals surface area contributed by atoms with E-state index < -0.39 is 16.2 Å². The summed E-state index contributed by atoms with van der Waals surface area (Å²) in [6.07, 6.45) is 3.49. The van der Waals surface area contributed by atoms with Crippen LogP contribution in [0, 0.1) is 13.8 Å². The molecule has 4 aromatic rings. The number of anilines is 1. The number of halogens is 1. The highest BCUT2D eigenvalue weighted by Crippen LogP contribution is 2.31. The first-order chi connectivity index (χ1) is 20.4. The molecule has 0 atom stereocenters. The normalized spacial score (nSPS) is 11.8. The van der Waals surface area contributed by atoms with Gasteiger partial charge in [0.15, 0.2) is 0 Å². The van der Waals surface area contributed by atoms with Gasteiger partial charge in [-0.25, -0.2) is 9.78 Å². The Morgan fingerprint density at radius 1 is 0.977 bits per heavy atom. The first-order valence-corrected chi connectivity index (χ1v) is 16.5. The molecule has 1 amide bonds. The van der Waals surface area contributed by atoms with E-state index in [1.807, 2.05) is 45.2 Å². The van der Waals surface area contributed by atoms with Crippen molar-refractivity contribution in [3.63, 3.8) is 0 Å². The molecular weight excluding hydrogens is 654 g/mol. The van der Waals surface area contributed by atoms with Gasteiger partial charge in [-0.3, -0.25) is 4.18 Å². The van der Waals surface area contributed by atoms with Gasteiger partial charge in [-0.2, -0.15) is 8.42 Å². The number of aromatic nitrogens is 1. The third-order valence-electron chi connectivity index (χ3n) is 6.42. The summed E-state index contributed by atoms with van der Waals surface area (Å²) in [4.78, 5) is 20.2. The second kappa shape index (κ2) is 14.5. The van der Waals surface area contributed by atoms with Gasteiger partial charge in [-0.05, 0) is 83.4 Å². The fourth-order valence-corrected chi connectivity index (χ4v) is 6.28. The van der Waals surface area contributed by atoms with Crippen molar-refractivity contribution in [3.05, 3.63) is 80.8 Å². The quantitative estimate of drug-likeness (QED) is 0.119. The summed E-state index contributed by atoms with van der Waals surface area (Å²) in [6.45, 7) is 5.10. The third-order valence-corrected chi connectivity index (χ3v) is 9.35. The maximum absolute atomic E-state index is 12.3. The van der Waals surface area contributed by atoms with E-state index in [9.17, 15) is 13.2 Å². The fraction of sp³-hybridized carbons (Fsp3) is 0.290. The Labute approximate surface area is 265 Å². The lowest BCUT2D eigenvalue weighted by Gasteiger charge is -2.21. The van der Waals surface area contributed by atoms with E-state index in [4.69, 9.17) is 18.6 Å². The van der Waals surface area contributed by atoms with Gasteiger partial charge in [0.1, 0.15) is 10.8 Å². The average molecular weight is 689 g/mol. The van der Waals surface area contributed by atoms with Gasteiger partial charge >= 0.3 is 6.09 Å². The predicted molar refractivity (Wildman–Crippen MR) is 176 cm³/mol. The zero-order valence-electron chi connectivity index (χ0n) is 24.7. The van der Waals surface area contributed by atoms with Crippen LogP contribution >= 0.6 is 27.3 Å². The van der Waals surface area contributed by atoms with E-state index in [2.05, 4.69) is 33.0 Å². The topological polar surface area (TPSA) is 98.3 Å². The molecule has 1 heterocycles. The molecule has 0 saturated heterocycles. The summed E-state index contributed by atoms with van der Waals surface area (Å²) >= 11 is 5.07. The van der Waals surface area contributed by atoms with E-state index in [0.29, 0.717) is 23.4 Å². The number of likely N-dealkylation sites (N-methyl/N-ethyl adjacent to an activating group) is 1. The molecule has 228 valence electrons. The van der Waals surface area contributed by atoms with E-state index in [-0.39, 0.29) is 18.1 Å². The second-order valence-electron chi connectivity index (χ2n) is 10.1. The highest BCUT2D eigenvalue weighted by Gasteiger charge is 2.15. The number of thiazole rings is 1. The number of carbonyl (C=O) groups excluding carboxylic acids is 1. The van der Waals surface area contributed by atoms with Gasteiger partial charge in [0.2, 0.25) is 0 Å². The van der Waals surface area contributed by atoms with Crippen LogP contribution in [0.4, 0.5) is 10.5 Å². The van der Waals surface area contributed by atoms with Gasteiger partial charge in [0.25, 0.3) is 10.1 Å². The molecule has 0 aliphatic carbocycles. The molecule has 0 radical (unpaired) electrons. The third kappa shape index (κ3) is 8.87. The van der Waals surface area contributed by atoms with Crippen molar-refractivity contribution in [3.8, 4) is 5.75 Å². The van der Waals surface area contributed by atoms with Crippen molar-refractivity contribution in [2.75, 3.05) is 52.4 Å². The van der Waals surface area contributed by atoms with Crippen LogP contribution in [-0.2, 0) is 19.0 Å². The molecule has 0 unspecified atom stereocenters. The molecular formula is C31H34BrN3O6S2. The molecule has 0 fully saturated rings. The molecule has 0 aliphatic rings. The van der Waals surface area contributed by atoms with Crippen LogP contribution in [-0.4, -0.2) is 71.9 Å².